The van der Waals surface area contributed by atoms with E-state index in [0.717, 1.165) is 26.1 Å². The Morgan fingerprint density at radius 2 is 2.08 bits per heavy atom. The highest BCUT2D eigenvalue weighted by atomic mass is 79.9. The average molecular weight is 496 g/mol. The van der Waals surface area contributed by atoms with Crippen molar-refractivity contribution in [2.45, 2.75) is 18.7 Å². The van der Waals surface area contributed by atoms with Gasteiger partial charge in [0.25, 0.3) is 0 Å². The maximum Gasteiger partial charge on any atom is 0.222 e. The third kappa shape index (κ3) is 2.77. The Balaban J connectivity index is 1.61. The SMILES string of the molecule is Brc1ccc2c(c1)[C@@H]1CC(c3ccc(Br)s3)=NN1[C@@H](c1cccs1)O2. The fourth-order valence-corrected chi connectivity index (χ4v) is 5.80. The smallest absolute Gasteiger partial charge is 0.222 e. The second-order valence-electron chi connectivity index (χ2n) is 5.92. The van der Waals surface area contributed by atoms with Crippen LogP contribution >= 0.6 is 54.5 Å². The highest BCUT2D eigenvalue weighted by molar-refractivity contribution is 9.11. The average Bonchev–Trinajstić information content (AvgIpc) is 3.34. The molecule has 0 radical (unpaired) electrons. The number of hydrogen-bond donors (Lipinski definition) is 0. The van der Waals surface area contributed by atoms with Crippen LogP contribution in [0.5, 0.6) is 5.75 Å². The number of rotatable bonds is 2. The minimum absolute atomic E-state index is 0.167. The number of halogens is 2. The molecule has 3 nitrogen and oxygen atoms in total. The molecule has 7 heteroatoms. The van der Waals surface area contributed by atoms with Crippen molar-refractivity contribution < 1.29 is 4.74 Å². The maximum absolute atomic E-state index is 6.34. The van der Waals surface area contributed by atoms with Crippen molar-refractivity contribution in [1.29, 1.82) is 0 Å². The Bertz CT molecular complexity index is 967. The van der Waals surface area contributed by atoms with Gasteiger partial charge in [-0.2, -0.15) is 5.10 Å². The molecule has 0 unspecified atom stereocenters. The second-order valence-corrected chi connectivity index (χ2v) is 10.3. The van der Waals surface area contributed by atoms with Crippen molar-refractivity contribution >= 4 is 60.2 Å². The molecule has 2 aliphatic heterocycles. The summed E-state index contributed by atoms with van der Waals surface area (Å²) in [6, 6.07) is 14.8. The van der Waals surface area contributed by atoms with E-state index in [1.54, 1.807) is 22.7 Å². The van der Waals surface area contributed by atoms with E-state index in [9.17, 15) is 0 Å². The summed E-state index contributed by atoms with van der Waals surface area (Å²) in [5, 5.41) is 9.18. The minimum Gasteiger partial charge on any atom is -0.464 e. The number of hydrazone groups is 1. The van der Waals surface area contributed by atoms with Gasteiger partial charge in [-0.15, -0.1) is 22.7 Å². The number of thiophene rings is 2. The molecule has 2 aliphatic rings. The van der Waals surface area contributed by atoms with Crippen molar-refractivity contribution in [3.05, 3.63) is 71.4 Å². The third-order valence-electron chi connectivity index (χ3n) is 4.40. The van der Waals surface area contributed by atoms with Crippen LogP contribution in [0.4, 0.5) is 0 Å². The van der Waals surface area contributed by atoms with Gasteiger partial charge < -0.3 is 4.74 Å². The third-order valence-corrected chi connectivity index (χ3v) is 7.47. The molecule has 0 saturated carbocycles. The van der Waals surface area contributed by atoms with Gasteiger partial charge in [0.1, 0.15) is 5.75 Å². The van der Waals surface area contributed by atoms with E-state index in [-0.39, 0.29) is 12.3 Å². The molecule has 5 rings (SSSR count). The first-order chi connectivity index (χ1) is 12.2. The van der Waals surface area contributed by atoms with E-state index in [4.69, 9.17) is 9.84 Å². The zero-order valence-corrected chi connectivity index (χ0v) is 17.7. The first-order valence-corrected chi connectivity index (χ1v) is 11.1. The largest absolute Gasteiger partial charge is 0.464 e. The molecule has 3 aromatic rings. The van der Waals surface area contributed by atoms with E-state index in [2.05, 4.69) is 78.6 Å². The lowest BCUT2D eigenvalue weighted by molar-refractivity contribution is -0.0166. The number of benzene rings is 1. The van der Waals surface area contributed by atoms with Crippen molar-refractivity contribution in [3.8, 4) is 5.75 Å². The zero-order valence-electron chi connectivity index (χ0n) is 12.9. The Labute approximate surface area is 170 Å². The number of fused-ring (bicyclic) bond motifs is 3. The maximum atomic E-state index is 6.34. The molecule has 0 bridgehead atoms. The first kappa shape index (κ1) is 16.1. The minimum atomic E-state index is -0.167. The lowest BCUT2D eigenvalue weighted by Crippen LogP contribution is -2.33. The van der Waals surface area contributed by atoms with Crippen LogP contribution in [0.2, 0.25) is 0 Å². The van der Waals surface area contributed by atoms with Gasteiger partial charge in [0.2, 0.25) is 6.23 Å². The van der Waals surface area contributed by atoms with Gasteiger partial charge in [0.15, 0.2) is 0 Å². The Hall–Kier alpha value is -1.15. The predicted octanol–water partition coefficient (Wildman–Crippen LogP) is 6.58. The van der Waals surface area contributed by atoms with E-state index < -0.39 is 0 Å². The van der Waals surface area contributed by atoms with E-state index in [1.165, 1.54) is 15.3 Å². The molecule has 0 aliphatic carbocycles. The summed E-state index contributed by atoms with van der Waals surface area (Å²) in [6.07, 6.45) is 0.723. The molecule has 2 atom stereocenters. The van der Waals surface area contributed by atoms with Crippen LogP contribution in [0.1, 0.15) is 34.0 Å². The van der Waals surface area contributed by atoms with Gasteiger partial charge in [-0.1, -0.05) is 22.0 Å². The molecule has 4 heterocycles. The lowest BCUT2D eigenvalue weighted by Gasteiger charge is -2.37. The molecular formula is C18H12Br2N2OS2. The van der Waals surface area contributed by atoms with Crippen LogP contribution in [0, 0.1) is 0 Å². The van der Waals surface area contributed by atoms with Crippen LogP contribution < -0.4 is 4.74 Å². The Morgan fingerprint density at radius 1 is 1.16 bits per heavy atom. The van der Waals surface area contributed by atoms with Crippen molar-refractivity contribution in [2.24, 2.45) is 5.10 Å². The molecule has 1 aromatic carbocycles. The Morgan fingerprint density at radius 3 is 2.84 bits per heavy atom. The van der Waals surface area contributed by atoms with Gasteiger partial charge in [-0.3, -0.25) is 0 Å². The monoisotopic (exact) mass is 494 g/mol. The molecule has 0 spiro atoms. The van der Waals surface area contributed by atoms with E-state index in [1.807, 2.05) is 6.07 Å². The van der Waals surface area contributed by atoms with Gasteiger partial charge in [-0.25, -0.2) is 5.01 Å². The molecule has 0 saturated heterocycles. The topological polar surface area (TPSA) is 24.8 Å². The summed E-state index contributed by atoms with van der Waals surface area (Å²) in [7, 11) is 0. The lowest BCUT2D eigenvalue weighted by atomic mass is 9.98. The fourth-order valence-electron chi connectivity index (χ4n) is 3.30. The van der Waals surface area contributed by atoms with Crippen molar-refractivity contribution in [1.82, 2.24) is 5.01 Å². The summed E-state index contributed by atoms with van der Waals surface area (Å²) < 4.78 is 8.53. The quantitative estimate of drug-likeness (QED) is 0.401. The highest BCUT2D eigenvalue weighted by Gasteiger charge is 2.41. The highest BCUT2D eigenvalue weighted by Crippen LogP contribution is 2.49. The normalized spacial score (nSPS) is 21.5. The van der Waals surface area contributed by atoms with Crippen LogP contribution in [0.15, 0.2) is 61.2 Å². The molecule has 25 heavy (non-hydrogen) atoms. The predicted molar refractivity (Wildman–Crippen MR) is 110 cm³/mol. The van der Waals surface area contributed by atoms with Crippen LogP contribution in [0.3, 0.4) is 0 Å². The number of nitrogens with zero attached hydrogens (tertiary/aromatic N) is 2. The molecule has 0 amide bonds. The number of hydrogen-bond acceptors (Lipinski definition) is 5. The van der Waals surface area contributed by atoms with Gasteiger partial charge in [0.05, 0.1) is 25.3 Å². The van der Waals surface area contributed by atoms with Gasteiger partial charge in [0, 0.05) is 16.5 Å². The number of ether oxygens (including phenoxy) is 1. The molecule has 0 N–H and O–H groups in total. The van der Waals surface area contributed by atoms with Crippen LogP contribution in [-0.4, -0.2) is 10.7 Å². The van der Waals surface area contributed by atoms with E-state index >= 15 is 0 Å². The summed E-state index contributed by atoms with van der Waals surface area (Å²) >= 11 is 10.6. The molecular weight excluding hydrogens is 484 g/mol. The molecule has 0 fully saturated rings. The summed E-state index contributed by atoms with van der Waals surface area (Å²) in [5.41, 5.74) is 2.32. The Kier molecular flexibility index (Phi) is 4.00. The molecule has 126 valence electrons. The first-order valence-electron chi connectivity index (χ1n) is 7.80. The standard InChI is InChI=1S/C18H12Br2N2OS2/c19-10-3-4-14-11(8-10)13-9-12(15-5-6-17(20)25-15)21-22(13)18(23-14)16-2-1-7-24-16/h1-8,13,18H,9H2/t13-,18+/m0/s1. The molecule has 2 aromatic heterocycles. The van der Waals surface area contributed by atoms with Crippen molar-refractivity contribution in [2.75, 3.05) is 0 Å². The van der Waals surface area contributed by atoms with Gasteiger partial charge >= 0.3 is 0 Å². The second kappa shape index (κ2) is 6.23. The summed E-state index contributed by atoms with van der Waals surface area (Å²) in [4.78, 5) is 2.39. The van der Waals surface area contributed by atoms with E-state index in [0.29, 0.717) is 0 Å². The summed E-state index contributed by atoms with van der Waals surface area (Å²) in [6.45, 7) is 0. The fraction of sp³-hybridized carbons (Fsp3) is 0.167. The zero-order chi connectivity index (χ0) is 17.0. The van der Waals surface area contributed by atoms with Crippen LogP contribution in [0.25, 0.3) is 0 Å². The van der Waals surface area contributed by atoms with Crippen molar-refractivity contribution in [3.63, 3.8) is 0 Å². The summed E-state index contributed by atoms with van der Waals surface area (Å²) in [5.74, 6) is 0.951. The van der Waals surface area contributed by atoms with Gasteiger partial charge in [-0.05, 0) is 57.7 Å². The van der Waals surface area contributed by atoms with Crippen LogP contribution in [-0.2, 0) is 0 Å².